The number of hydrogen-bond donors (Lipinski definition) is 0. The van der Waals surface area contributed by atoms with Crippen LogP contribution in [0.1, 0.15) is 0 Å². The Morgan fingerprint density at radius 3 is 0.750 bits per heavy atom. The third-order valence-corrected chi connectivity index (χ3v) is 0. The molecule has 0 aliphatic rings. The molecule has 33 valence electrons. The molecule has 0 aromatic rings. The Morgan fingerprint density at radius 1 is 0.750 bits per heavy atom. The van der Waals surface area contributed by atoms with Crippen LogP contribution in [0.4, 0.5) is 0 Å². The third kappa shape index (κ3) is 11.0. The molecule has 0 aliphatic carbocycles. The molecule has 0 saturated carbocycles. The summed E-state index contributed by atoms with van der Waals surface area (Å²) in [6, 6.07) is 0. The molecule has 4 heteroatoms. The second kappa shape index (κ2) is 31.0. The van der Waals surface area contributed by atoms with E-state index in [2.05, 4.69) is 0 Å². The Hall–Kier alpha value is 1.16. The summed E-state index contributed by atoms with van der Waals surface area (Å²) in [5.41, 5.74) is 0. The van der Waals surface area contributed by atoms with E-state index in [0.29, 0.717) is 0 Å². The zero-order valence-corrected chi connectivity index (χ0v) is 5.11. The number of halogens is 1. The molecule has 0 bridgehead atoms. The Bertz CT molecular complexity index is 6.00. The van der Waals surface area contributed by atoms with Gasteiger partial charge >= 0.3 is 0 Å². The van der Waals surface area contributed by atoms with Crippen molar-refractivity contribution < 1.29 is 27.7 Å². The van der Waals surface area contributed by atoms with Gasteiger partial charge in [0.15, 0.2) is 0 Å². The largest absolute Gasteiger partial charge is 0.412 e. The standard InChI is InChI=1S/Co.HI.2H2O/h;1H;2*1H2. The van der Waals surface area contributed by atoms with Crippen molar-refractivity contribution in [3.63, 3.8) is 0 Å². The first kappa shape index (κ1) is 66.6. The third-order valence-electron chi connectivity index (χ3n) is 0. The molecule has 0 heterocycles. The quantitative estimate of drug-likeness (QED) is 0.471. The number of rotatable bonds is 0. The van der Waals surface area contributed by atoms with E-state index < -0.39 is 0 Å². The molecule has 0 fully saturated rings. The summed E-state index contributed by atoms with van der Waals surface area (Å²) in [5, 5.41) is 0. The molecule has 0 aliphatic heterocycles. The number of hydrogen-bond acceptors (Lipinski definition) is 0. The summed E-state index contributed by atoms with van der Waals surface area (Å²) in [7, 11) is 0. The zero-order chi connectivity index (χ0) is 0. The van der Waals surface area contributed by atoms with Crippen LogP contribution < -0.4 is 0 Å². The monoisotopic (exact) mass is 223 g/mol. The fraction of sp³-hybridized carbons (Fsp3) is 0. The SMILES string of the molecule is I.O.O.[Co]. The molecule has 0 aromatic carbocycles. The van der Waals surface area contributed by atoms with Crippen LogP contribution in [0.5, 0.6) is 0 Å². The van der Waals surface area contributed by atoms with E-state index in [1.54, 1.807) is 0 Å². The van der Waals surface area contributed by atoms with Gasteiger partial charge in [-0.05, 0) is 0 Å². The van der Waals surface area contributed by atoms with Gasteiger partial charge in [-0.25, -0.2) is 0 Å². The Balaban J connectivity index is 0. The summed E-state index contributed by atoms with van der Waals surface area (Å²) in [6.07, 6.45) is 0. The normalized spacial score (nSPS) is 0. The van der Waals surface area contributed by atoms with Crippen molar-refractivity contribution in [1.29, 1.82) is 0 Å². The summed E-state index contributed by atoms with van der Waals surface area (Å²) >= 11 is 0. The average Bonchev–Trinajstić information content (AvgIpc) is 0. The maximum Gasteiger partial charge on any atom is 0 e. The Morgan fingerprint density at radius 2 is 0.750 bits per heavy atom. The van der Waals surface area contributed by atoms with Gasteiger partial charge in [-0.3, -0.25) is 0 Å². The first-order chi connectivity index (χ1) is 0. The van der Waals surface area contributed by atoms with Crippen molar-refractivity contribution in [1.82, 2.24) is 0 Å². The molecular formula is H5CoIO2. The van der Waals surface area contributed by atoms with E-state index in [9.17, 15) is 0 Å². The summed E-state index contributed by atoms with van der Waals surface area (Å²) in [4.78, 5) is 0. The maximum absolute atomic E-state index is 0. The van der Waals surface area contributed by atoms with Gasteiger partial charge < -0.3 is 11.0 Å². The van der Waals surface area contributed by atoms with E-state index in [0.717, 1.165) is 0 Å². The molecular weight excluding hydrogens is 218 g/mol. The van der Waals surface area contributed by atoms with Crippen LogP contribution in [0.3, 0.4) is 0 Å². The minimum absolute atomic E-state index is 0. The van der Waals surface area contributed by atoms with Crippen LogP contribution in [0.25, 0.3) is 0 Å². The van der Waals surface area contributed by atoms with Crippen molar-refractivity contribution >= 4 is 24.0 Å². The molecule has 0 aromatic heterocycles. The molecule has 1 radical (unpaired) electrons. The van der Waals surface area contributed by atoms with Crippen LogP contribution in [0.15, 0.2) is 0 Å². The van der Waals surface area contributed by atoms with Crippen molar-refractivity contribution in [2.24, 2.45) is 0 Å². The molecule has 2 nitrogen and oxygen atoms in total. The predicted molar refractivity (Wildman–Crippen MR) is 22.6 cm³/mol. The maximum atomic E-state index is 0. The summed E-state index contributed by atoms with van der Waals surface area (Å²) < 4.78 is 0. The van der Waals surface area contributed by atoms with E-state index in [1.807, 2.05) is 0 Å². The smallest absolute Gasteiger partial charge is 0 e. The van der Waals surface area contributed by atoms with Gasteiger partial charge in [-0.1, -0.05) is 0 Å². The summed E-state index contributed by atoms with van der Waals surface area (Å²) in [5.74, 6) is 0. The van der Waals surface area contributed by atoms with Crippen LogP contribution in [-0.2, 0) is 16.8 Å². The van der Waals surface area contributed by atoms with Crippen LogP contribution >= 0.6 is 24.0 Å². The molecule has 0 spiro atoms. The molecule has 0 atom stereocenters. The van der Waals surface area contributed by atoms with Crippen LogP contribution in [0.2, 0.25) is 0 Å². The van der Waals surface area contributed by atoms with E-state index in [-0.39, 0.29) is 51.7 Å². The van der Waals surface area contributed by atoms with Crippen molar-refractivity contribution in [3.05, 3.63) is 0 Å². The molecule has 0 unspecified atom stereocenters. The molecule has 0 rings (SSSR count). The van der Waals surface area contributed by atoms with Gasteiger partial charge in [0.25, 0.3) is 0 Å². The zero-order valence-electron chi connectivity index (χ0n) is 1.74. The first-order valence-corrected chi connectivity index (χ1v) is 0. The van der Waals surface area contributed by atoms with Gasteiger partial charge in [0.2, 0.25) is 0 Å². The van der Waals surface area contributed by atoms with Gasteiger partial charge in [0, 0.05) is 16.8 Å². The molecule has 0 saturated heterocycles. The van der Waals surface area contributed by atoms with Crippen molar-refractivity contribution in [2.75, 3.05) is 0 Å². The predicted octanol–water partition coefficient (Wildman–Crippen LogP) is -1.03. The van der Waals surface area contributed by atoms with E-state index in [1.165, 1.54) is 0 Å². The summed E-state index contributed by atoms with van der Waals surface area (Å²) in [6.45, 7) is 0. The molecule has 4 heavy (non-hydrogen) atoms. The van der Waals surface area contributed by atoms with Gasteiger partial charge in [0.1, 0.15) is 0 Å². The molecule has 4 N–H and O–H groups in total. The Kier molecular flexibility index (Phi) is 516. The van der Waals surface area contributed by atoms with Gasteiger partial charge in [-0.2, -0.15) is 0 Å². The van der Waals surface area contributed by atoms with Crippen molar-refractivity contribution in [2.45, 2.75) is 0 Å². The van der Waals surface area contributed by atoms with Gasteiger partial charge in [-0.15, -0.1) is 24.0 Å². The van der Waals surface area contributed by atoms with Crippen molar-refractivity contribution in [3.8, 4) is 0 Å². The van der Waals surface area contributed by atoms with Crippen LogP contribution in [-0.4, -0.2) is 11.0 Å². The van der Waals surface area contributed by atoms with E-state index in [4.69, 9.17) is 0 Å². The second-order valence-corrected chi connectivity index (χ2v) is 0. The second-order valence-electron chi connectivity index (χ2n) is 0. The van der Waals surface area contributed by atoms with E-state index >= 15 is 0 Å². The minimum atomic E-state index is 0. The fourth-order valence-corrected chi connectivity index (χ4v) is 0. The fourth-order valence-electron chi connectivity index (χ4n) is 0. The van der Waals surface area contributed by atoms with Crippen LogP contribution in [0, 0.1) is 0 Å². The average molecular weight is 223 g/mol. The topological polar surface area (TPSA) is 63.0 Å². The molecule has 0 amide bonds. The van der Waals surface area contributed by atoms with Gasteiger partial charge in [0.05, 0.1) is 0 Å². The first-order valence-electron chi connectivity index (χ1n) is 0. The Labute approximate surface area is 51.8 Å². The minimum Gasteiger partial charge on any atom is -0.412 e.